The highest BCUT2D eigenvalue weighted by Crippen LogP contribution is 2.26. The number of nitrogens with one attached hydrogen (secondary N) is 1. The van der Waals surface area contributed by atoms with Gasteiger partial charge in [0.2, 0.25) is 0 Å². The van der Waals surface area contributed by atoms with Gasteiger partial charge in [0.05, 0.1) is 0 Å². The highest BCUT2D eigenvalue weighted by atomic mass is 35.5. The summed E-state index contributed by atoms with van der Waals surface area (Å²) in [4.78, 5) is 4.09. The first-order chi connectivity index (χ1) is 7.45. The van der Waals surface area contributed by atoms with Crippen LogP contribution in [0.1, 0.15) is 32.8 Å². The van der Waals surface area contributed by atoms with Gasteiger partial charge in [-0.1, -0.05) is 20.8 Å². The van der Waals surface area contributed by atoms with Crippen LogP contribution in [0.2, 0.25) is 0 Å². The summed E-state index contributed by atoms with van der Waals surface area (Å²) < 4.78 is 0. The molecule has 0 aromatic carbocycles. The van der Waals surface area contributed by atoms with Gasteiger partial charge < -0.3 is 5.32 Å². The van der Waals surface area contributed by atoms with Crippen LogP contribution in [0.5, 0.6) is 0 Å². The van der Waals surface area contributed by atoms with Crippen LogP contribution in [-0.2, 0) is 0 Å². The predicted octanol–water partition coefficient (Wildman–Crippen LogP) is 3.85. The molecule has 0 fully saturated rings. The molecular weight excluding hydrogens is 220 g/mol. The van der Waals surface area contributed by atoms with E-state index < -0.39 is 0 Å². The minimum absolute atomic E-state index is 0.199. The minimum atomic E-state index is 0.199. The quantitative estimate of drug-likeness (QED) is 0.809. The molecule has 1 aromatic rings. The topological polar surface area (TPSA) is 24.9 Å². The number of aromatic nitrogens is 1. The molecule has 3 heteroatoms. The molecule has 1 rings (SSSR count). The lowest BCUT2D eigenvalue weighted by Crippen LogP contribution is -2.34. The molecule has 1 aromatic heterocycles. The maximum Gasteiger partial charge on any atom is 0.0403 e. The lowest BCUT2D eigenvalue weighted by atomic mass is 9.85. The normalized spacial score (nSPS) is 13.6. The van der Waals surface area contributed by atoms with Gasteiger partial charge in [-0.05, 0) is 30.4 Å². The third-order valence-corrected chi connectivity index (χ3v) is 3.01. The Morgan fingerprint density at radius 2 is 2.12 bits per heavy atom. The second-order valence-corrected chi connectivity index (χ2v) is 5.61. The second-order valence-electron chi connectivity index (χ2n) is 5.23. The summed E-state index contributed by atoms with van der Waals surface area (Å²) in [6, 6.07) is 2.40. The van der Waals surface area contributed by atoms with Crippen LogP contribution >= 0.6 is 11.6 Å². The summed E-state index contributed by atoms with van der Waals surface area (Å²) in [5.41, 5.74) is 2.52. The predicted molar refractivity (Wildman–Crippen MR) is 71.2 cm³/mol. The first-order valence-corrected chi connectivity index (χ1v) is 6.21. The van der Waals surface area contributed by atoms with Crippen molar-refractivity contribution in [1.82, 2.24) is 4.98 Å². The van der Waals surface area contributed by atoms with Crippen LogP contribution in [-0.4, -0.2) is 16.9 Å². The van der Waals surface area contributed by atoms with Crippen LogP contribution in [0.25, 0.3) is 0 Å². The van der Waals surface area contributed by atoms with E-state index in [0.29, 0.717) is 11.9 Å². The van der Waals surface area contributed by atoms with Gasteiger partial charge in [0.1, 0.15) is 0 Å². The number of pyridine rings is 1. The Kier molecular flexibility index (Phi) is 4.60. The van der Waals surface area contributed by atoms with Crippen LogP contribution in [0.4, 0.5) is 5.69 Å². The van der Waals surface area contributed by atoms with Crippen molar-refractivity contribution in [3.63, 3.8) is 0 Å². The Morgan fingerprint density at radius 1 is 1.44 bits per heavy atom. The van der Waals surface area contributed by atoms with E-state index in [4.69, 9.17) is 11.6 Å². The highest BCUT2D eigenvalue weighted by Gasteiger charge is 2.24. The van der Waals surface area contributed by atoms with E-state index >= 15 is 0 Å². The van der Waals surface area contributed by atoms with Gasteiger partial charge in [-0.3, -0.25) is 4.98 Å². The van der Waals surface area contributed by atoms with Crippen molar-refractivity contribution < 1.29 is 0 Å². The fraction of sp³-hybridized carbons (Fsp3) is 0.615. The van der Waals surface area contributed by atoms with Gasteiger partial charge in [0, 0.05) is 30.0 Å². The molecule has 0 aliphatic heterocycles. The lowest BCUT2D eigenvalue weighted by molar-refractivity contribution is 0.334. The van der Waals surface area contributed by atoms with E-state index in [-0.39, 0.29) is 5.41 Å². The standard InChI is InChI=1S/C13H21ClN2/c1-10-9-15-8-6-11(10)16-12(5-7-14)13(2,3)4/h6,8-9,12H,5,7H2,1-4H3,(H,15,16). The van der Waals surface area contributed by atoms with E-state index in [2.05, 4.69) is 38.0 Å². The van der Waals surface area contributed by atoms with Crippen molar-refractivity contribution in [2.24, 2.45) is 5.41 Å². The van der Waals surface area contributed by atoms with E-state index in [9.17, 15) is 0 Å². The molecule has 1 atom stereocenters. The summed E-state index contributed by atoms with van der Waals surface area (Å²) in [6.45, 7) is 8.75. The Morgan fingerprint density at radius 3 is 2.62 bits per heavy atom. The Labute approximate surface area is 103 Å². The SMILES string of the molecule is Cc1cnccc1NC(CCCl)C(C)(C)C. The minimum Gasteiger partial charge on any atom is -0.381 e. The van der Waals surface area contributed by atoms with Crippen LogP contribution in [0, 0.1) is 12.3 Å². The maximum atomic E-state index is 5.86. The summed E-state index contributed by atoms with van der Waals surface area (Å²) in [5, 5.41) is 3.56. The summed E-state index contributed by atoms with van der Waals surface area (Å²) in [5.74, 6) is 0.680. The third-order valence-electron chi connectivity index (χ3n) is 2.79. The third kappa shape index (κ3) is 3.67. The fourth-order valence-electron chi connectivity index (χ4n) is 1.65. The van der Waals surface area contributed by atoms with Crippen molar-refractivity contribution in [2.75, 3.05) is 11.2 Å². The average molecular weight is 241 g/mol. The number of alkyl halides is 1. The van der Waals surface area contributed by atoms with Crippen LogP contribution < -0.4 is 5.32 Å². The zero-order chi connectivity index (χ0) is 12.2. The van der Waals surface area contributed by atoms with E-state index in [1.165, 1.54) is 5.56 Å². The molecule has 16 heavy (non-hydrogen) atoms. The Balaban J connectivity index is 2.80. The van der Waals surface area contributed by atoms with Gasteiger partial charge in [0.25, 0.3) is 0 Å². The molecule has 1 N–H and O–H groups in total. The molecule has 1 heterocycles. The van der Waals surface area contributed by atoms with Crippen molar-refractivity contribution in [3.8, 4) is 0 Å². The molecular formula is C13H21ClN2. The maximum absolute atomic E-state index is 5.86. The first-order valence-electron chi connectivity index (χ1n) is 5.68. The van der Waals surface area contributed by atoms with Gasteiger partial charge in [-0.25, -0.2) is 0 Å². The van der Waals surface area contributed by atoms with Crippen molar-refractivity contribution >= 4 is 17.3 Å². The molecule has 0 saturated carbocycles. The zero-order valence-corrected chi connectivity index (χ0v) is 11.3. The van der Waals surface area contributed by atoms with Gasteiger partial charge in [-0.15, -0.1) is 11.6 Å². The molecule has 1 unspecified atom stereocenters. The largest absolute Gasteiger partial charge is 0.381 e. The Bertz CT molecular complexity index is 331. The zero-order valence-electron chi connectivity index (χ0n) is 10.5. The number of rotatable bonds is 4. The average Bonchev–Trinajstić information content (AvgIpc) is 2.19. The fourth-order valence-corrected chi connectivity index (χ4v) is 1.87. The van der Waals surface area contributed by atoms with E-state index in [0.717, 1.165) is 12.1 Å². The number of aryl methyl sites for hydroxylation is 1. The number of hydrogen-bond acceptors (Lipinski definition) is 2. The molecule has 2 nitrogen and oxygen atoms in total. The van der Waals surface area contributed by atoms with Crippen LogP contribution in [0.3, 0.4) is 0 Å². The monoisotopic (exact) mass is 240 g/mol. The molecule has 0 saturated heterocycles. The van der Waals surface area contributed by atoms with Gasteiger partial charge in [0.15, 0.2) is 0 Å². The van der Waals surface area contributed by atoms with E-state index in [1.54, 1.807) is 0 Å². The van der Waals surface area contributed by atoms with Gasteiger partial charge in [-0.2, -0.15) is 0 Å². The molecule has 0 bridgehead atoms. The smallest absolute Gasteiger partial charge is 0.0403 e. The van der Waals surface area contributed by atoms with E-state index in [1.807, 2.05) is 18.5 Å². The molecule has 90 valence electrons. The first kappa shape index (κ1) is 13.3. The van der Waals surface area contributed by atoms with Crippen molar-refractivity contribution in [1.29, 1.82) is 0 Å². The number of hydrogen-bond donors (Lipinski definition) is 1. The highest BCUT2D eigenvalue weighted by molar-refractivity contribution is 6.17. The second kappa shape index (κ2) is 5.53. The van der Waals surface area contributed by atoms with Crippen LogP contribution in [0.15, 0.2) is 18.5 Å². The number of nitrogens with zero attached hydrogens (tertiary/aromatic N) is 1. The molecule has 0 aliphatic carbocycles. The lowest BCUT2D eigenvalue weighted by Gasteiger charge is -2.32. The molecule has 0 spiro atoms. The van der Waals surface area contributed by atoms with Crippen molar-refractivity contribution in [2.45, 2.75) is 40.2 Å². The number of halogens is 1. The summed E-state index contributed by atoms with van der Waals surface area (Å²) >= 11 is 5.86. The molecule has 0 amide bonds. The van der Waals surface area contributed by atoms with Gasteiger partial charge >= 0.3 is 0 Å². The Hall–Kier alpha value is -0.760. The number of anilines is 1. The summed E-state index contributed by atoms with van der Waals surface area (Å²) in [7, 11) is 0. The summed E-state index contributed by atoms with van der Waals surface area (Å²) in [6.07, 6.45) is 4.66. The van der Waals surface area contributed by atoms with Crippen molar-refractivity contribution in [3.05, 3.63) is 24.0 Å². The molecule has 0 radical (unpaired) electrons. The molecule has 0 aliphatic rings.